The van der Waals surface area contributed by atoms with Gasteiger partial charge in [-0.3, -0.25) is 9.48 Å². The summed E-state index contributed by atoms with van der Waals surface area (Å²) in [5.41, 5.74) is 1.21. The lowest BCUT2D eigenvalue weighted by atomic mass is 10.1. The second-order valence-corrected chi connectivity index (χ2v) is 6.59. The van der Waals surface area contributed by atoms with Crippen LogP contribution in [0.3, 0.4) is 0 Å². The number of hydrogen-bond acceptors (Lipinski definition) is 3. The van der Waals surface area contributed by atoms with Gasteiger partial charge >= 0.3 is 0 Å². The third-order valence-electron chi connectivity index (χ3n) is 3.35. The van der Waals surface area contributed by atoms with Gasteiger partial charge in [-0.2, -0.15) is 5.10 Å². The molecule has 1 aliphatic carbocycles. The third kappa shape index (κ3) is 4.96. The van der Waals surface area contributed by atoms with Crippen molar-refractivity contribution in [1.29, 1.82) is 0 Å². The van der Waals surface area contributed by atoms with Crippen molar-refractivity contribution in [3.8, 4) is 0 Å². The van der Waals surface area contributed by atoms with Gasteiger partial charge in [-0.15, -0.1) is 0 Å². The third-order valence-corrected chi connectivity index (χ3v) is 3.35. The number of carbonyl (C=O) groups is 1. The first kappa shape index (κ1) is 15.0. The number of amides is 1. The van der Waals surface area contributed by atoms with Gasteiger partial charge in [0.15, 0.2) is 0 Å². The number of aromatic nitrogens is 2. The summed E-state index contributed by atoms with van der Waals surface area (Å²) in [6, 6.07) is 0.471. The summed E-state index contributed by atoms with van der Waals surface area (Å²) >= 11 is 0. The molecule has 0 spiro atoms. The van der Waals surface area contributed by atoms with Crippen LogP contribution < -0.4 is 10.6 Å². The zero-order valence-electron chi connectivity index (χ0n) is 12.8. The molecule has 1 heterocycles. The SMILES string of the molecule is CC(C)(C)n1cc(CNCCCC(=O)NC2CC2)cn1. The number of nitrogens with one attached hydrogen (secondary N) is 2. The lowest BCUT2D eigenvalue weighted by Gasteiger charge is -2.18. The van der Waals surface area contributed by atoms with Gasteiger partial charge in [0.1, 0.15) is 0 Å². The van der Waals surface area contributed by atoms with Crippen molar-refractivity contribution in [2.75, 3.05) is 6.54 Å². The Morgan fingerprint density at radius 1 is 1.45 bits per heavy atom. The Balaban J connectivity index is 1.58. The monoisotopic (exact) mass is 278 g/mol. The highest BCUT2D eigenvalue weighted by atomic mass is 16.1. The first-order chi connectivity index (χ1) is 9.45. The molecule has 0 aliphatic heterocycles. The van der Waals surface area contributed by atoms with E-state index in [0.29, 0.717) is 12.5 Å². The summed E-state index contributed by atoms with van der Waals surface area (Å²) in [7, 11) is 0. The Kier molecular flexibility index (Phi) is 4.81. The second kappa shape index (κ2) is 6.39. The Morgan fingerprint density at radius 3 is 2.80 bits per heavy atom. The van der Waals surface area contributed by atoms with Crippen molar-refractivity contribution in [3.05, 3.63) is 18.0 Å². The fourth-order valence-corrected chi connectivity index (χ4v) is 1.95. The molecule has 0 unspecified atom stereocenters. The van der Waals surface area contributed by atoms with Crippen LogP contribution in [0.15, 0.2) is 12.4 Å². The van der Waals surface area contributed by atoms with E-state index in [1.807, 2.05) is 10.9 Å². The van der Waals surface area contributed by atoms with E-state index >= 15 is 0 Å². The average molecular weight is 278 g/mol. The van der Waals surface area contributed by atoms with E-state index in [4.69, 9.17) is 0 Å². The Labute approximate surface area is 121 Å². The van der Waals surface area contributed by atoms with E-state index < -0.39 is 0 Å². The zero-order chi connectivity index (χ0) is 14.6. The van der Waals surface area contributed by atoms with Crippen molar-refractivity contribution in [1.82, 2.24) is 20.4 Å². The average Bonchev–Trinajstić information content (AvgIpc) is 3.02. The molecule has 1 amide bonds. The van der Waals surface area contributed by atoms with Gasteiger partial charge in [-0.25, -0.2) is 0 Å². The summed E-state index contributed by atoms with van der Waals surface area (Å²) < 4.78 is 1.98. The van der Waals surface area contributed by atoms with Gasteiger partial charge in [0.05, 0.1) is 11.7 Å². The molecule has 5 heteroatoms. The normalized spacial score (nSPS) is 15.3. The Hall–Kier alpha value is -1.36. The first-order valence-corrected chi connectivity index (χ1v) is 7.49. The summed E-state index contributed by atoms with van der Waals surface area (Å²) in [6.45, 7) is 8.07. The largest absolute Gasteiger partial charge is 0.353 e. The summed E-state index contributed by atoms with van der Waals surface area (Å²) in [4.78, 5) is 11.5. The number of nitrogens with zero attached hydrogens (tertiary/aromatic N) is 2. The molecule has 2 rings (SSSR count). The van der Waals surface area contributed by atoms with Crippen LogP contribution in [-0.2, 0) is 16.9 Å². The van der Waals surface area contributed by atoms with E-state index in [0.717, 1.165) is 32.4 Å². The van der Waals surface area contributed by atoms with Gasteiger partial charge < -0.3 is 10.6 Å². The van der Waals surface area contributed by atoms with Crippen LogP contribution in [0.4, 0.5) is 0 Å². The van der Waals surface area contributed by atoms with Crippen LogP contribution in [0.1, 0.15) is 52.0 Å². The molecule has 0 bridgehead atoms. The van der Waals surface area contributed by atoms with Gasteiger partial charge in [-0.1, -0.05) is 0 Å². The van der Waals surface area contributed by atoms with Crippen LogP contribution in [0, 0.1) is 0 Å². The van der Waals surface area contributed by atoms with Crippen molar-refractivity contribution >= 4 is 5.91 Å². The van der Waals surface area contributed by atoms with E-state index in [1.165, 1.54) is 5.56 Å². The molecule has 0 atom stereocenters. The molecule has 0 aromatic carbocycles. The minimum Gasteiger partial charge on any atom is -0.353 e. The van der Waals surface area contributed by atoms with Crippen LogP contribution >= 0.6 is 0 Å². The van der Waals surface area contributed by atoms with Crippen molar-refractivity contribution in [2.45, 2.75) is 64.6 Å². The summed E-state index contributed by atoms with van der Waals surface area (Å²) in [6.07, 6.45) is 7.78. The molecule has 112 valence electrons. The fraction of sp³-hybridized carbons (Fsp3) is 0.733. The van der Waals surface area contributed by atoms with Crippen molar-refractivity contribution in [2.24, 2.45) is 0 Å². The minimum absolute atomic E-state index is 0.0269. The maximum Gasteiger partial charge on any atom is 0.220 e. The molecule has 1 aromatic heterocycles. The van der Waals surface area contributed by atoms with Crippen LogP contribution in [0.2, 0.25) is 0 Å². The summed E-state index contributed by atoms with van der Waals surface area (Å²) in [5, 5.41) is 10.7. The molecule has 2 N–H and O–H groups in total. The highest BCUT2D eigenvalue weighted by Gasteiger charge is 2.22. The molecular formula is C15H26N4O. The molecule has 20 heavy (non-hydrogen) atoms. The number of carbonyl (C=O) groups excluding carboxylic acids is 1. The second-order valence-electron chi connectivity index (χ2n) is 6.59. The molecule has 1 aliphatic rings. The quantitative estimate of drug-likeness (QED) is 0.748. The maximum atomic E-state index is 11.5. The molecule has 1 fully saturated rings. The maximum absolute atomic E-state index is 11.5. The lowest BCUT2D eigenvalue weighted by molar-refractivity contribution is -0.121. The Bertz CT molecular complexity index is 443. The van der Waals surface area contributed by atoms with E-state index in [1.54, 1.807) is 0 Å². The molecule has 5 nitrogen and oxygen atoms in total. The fourth-order valence-electron chi connectivity index (χ4n) is 1.95. The lowest BCUT2D eigenvalue weighted by Crippen LogP contribution is -2.26. The number of rotatable bonds is 7. The predicted molar refractivity (Wildman–Crippen MR) is 79.3 cm³/mol. The van der Waals surface area contributed by atoms with Gasteiger partial charge in [-0.05, 0) is 46.6 Å². The first-order valence-electron chi connectivity index (χ1n) is 7.49. The predicted octanol–water partition coefficient (Wildman–Crippen LogP) is 1.79. The van der Waals surface area contributed by atoms with Gasteiger partial charge in [0.2, 0.25) is 5.91 Å². The van der Waals surface area contributed by atoms with Gasteiger partial charge in [0, 0.05) is 30.8 Å². The van der Waals surface area contributed by atoms with Crippen LogP contribution in [0.25, 0.3) is 0 Å². The molecular weight excluding hydrogens is 252 g/mol. The van der Waals surface area contributed by atoms with Crippen LogP contribution in [-0.4, -0.2) is 28.3 Å². The highest BCUT2D eigenvalue weighted by Crippen LogP contribution is 2.18. The molecule has 0 saturated heterocycles. The van der Waals surface area contributed by atoms with E-state index in [-0.39, 0.29) is 11.4 Å². The highest BCUT2D eigenvalue weighted by molar-refractivity contribution is 5.76. The van der Waals surface area contributed by atoms with E-state index in [9.17, 15) is 4.79 Å². The molecule has 0 radical (unpaired) electrons. The smallest absolute Gasteiger partial charge is 0.220 e. The zero-order valence-corrected chi connectivity index (χ0v) is 12.8. The molecule has 1 aromatic rings. The minimum atomic E-state index is 0.0269. The van der Waals surface area contributed by atoms with Crippen molar-refractivity contribution in [3.63, 3.8) is 0 Å². The molecule has 1 saturated carbocycles. The Morgan fingerprint density at radius 2 is 2.20 bits per heavy atom. The van der Waals surface area contributed by atoms with Crippen molar-refractivity contribution < 1.29 is 4.79 Å². The van der Waals surface area contributed by atoms with E-state index in [2.05, 4.69) is 42.7 Å². The van der Waals surface area contributed by atoms with Gasteiger partial charge in [0.25, 0.3) is 0 Å². The topological polar surface area (TPSA) is 59.0 Å². The standard InChI is InChI=1S/C15H26N4O/c1-15(2,3)19-11-12(10-17-19)9-16-8-4-5-14(20)18-13-6-7-13/h10-11,13,16H,4-9H2,1-3H3,(H,18,20). The number of hydrogen-bond donors (Lipinski definition) is 2. The van der Waals surface area contributed by atoms with Crippen LogP contribution in [0.5, 0.6) is 0 Å². The summed E-state index contributed by atoms with van der Waals surface area (Å²) in [5.74, 6) is 0.190.